The first-order chi connectivity index (χ1) is 5.91. The summed E-state index contributed by atoms with van der Waals surface area (Å²) in [4.78, 5) is 3.37. The van der Waals surface area contributed by atoms with E-state index >= 15 is 0 Å². The van der Waals surface area contributed by atoms with E-state index in [0.717, 1.165) is 5.82 Å². The molecule has 13 heavy (non-hydrogen) atoms. The van der Waals surface area contributed by atoms with Gasteiger partial charge in [-0.25, -0.2) is 0 Å². The number of nitrogens with zero attached hydrogens (tertiary/aromatic N) is 2. The third-order valence-electron chi connectivity index (χ3n) is 1.79. The van der Waals surface area contributed by atoms with Crippen molar-refractivity contribution in [3.63, 3.8) is 0 Å². The van der Waals surface area contributed by atoms with E-state index < -0.39 is 12.5 Å². The van der Waals surface area contributed by atoms with Crippen molar-refractivity contribution in [2.75, 3.05) is 14.1 Å². The van der Waals surface area contributed by atoms with Crippen LogP contribution in [0, 0.1) is 0 Å². The quantitative estimate of drug-likeness (QED) is 0.626. The summed E-state index contributed by atoms with van der Waals surface area (Å²) in [6.45, 7) is 5.12. The summed E-state index contributed by atoms with van der Waals surface area (Å²) in [5.41, 5.74) is 0. The van der Waals surface area contributed by atoms with Gasteiger partial charge in [0.15, 0.2) is 0 Å². The van der Waals surface area contributed by atoms with Gasteiger partial charge >= 0.3 is 0 Å². The molecular formula is C9H20N2O2. The second kappa shape index (κ2) is 5.09. The summed E-state index contributed by atoms with van der Waals surface area (Å²) in [6, 6.07) is 0. The van der Waals surface area contributed by atoms with E-state index in [0.29, 0.717) is 0 Å². The van der Waals surface area contributed by atoms with Crippen LogP contribution in [0.25, 0.3) is 0 Å². The molecule has 0 radical (unpaired) electrons. The highest BCUT2D eigenvalue weighted by molar-refractivity contribution is 4.98. The van der Waals surface area contributed by atoms with E-state index in [1.165, 1.54) is 4.90 Å². The lowest BCUT2D eigenvalue weighted by atomic mass is 10.4. The van der Waals surface area contributed by atoms with E-state index in [4.69, 9.17) is 0 Å². The first-order valence-electron chi connectivity index (χ1n) is 4.40. The SMILES string of the molecule is CC=C(N(C)C)N(C(C)O)C(C)O. The van der Waals surface area contributed by atoms with Crippen LogP contribution in [-0.4, -0.2) is 46.6 Å². The molecule has 0 aliphatic heterocycles. The average Bonchev–Trinajstić information content (AvgIpc) is 1.97. The normalized spacial score (nSPS) is 16.7. The predicted molar refractivity (Wildman–Crippen MR) is 52.6 cm³/mol. The second-order valence-corrected chi connectivity index (χ2v) is 3.21. The van der Waals surface area contributed by atoms with E-state index in [1.54, 1.807) is 13.8 Å². The van der Waals surface area contributed by atoms with Crippen LogP contribution in [0.15, 0.2) is 11.9 Å². The lowest BCUT2D eigenvalue weighted by molar-refractivity contribution is -0.0740. The summed E-state index contributed by atoms with van der Waals surface area (Å²) in [7, 11) is 3.74. The maximum Gasteiger partial charge on any atom is 0.127 e. The van der Waals surface area contributed by atoms with Gasteiger partial charge in [-0.3, -0.25) is 0 Å². The zero-order valence-corrected chi connectivity index (χ0v) is 9.02. The van der Waals surface area contributed by atoms with Crippen molar-refractivity contribution >= 4 is 0 Å². The fourth-order valence-electron chi connectivity index (χ4n) is 1.33. The van der Waals surface area contributed by atoms with Gasteiger partial charge in [0, 0.05) is 14.1 Å². The number of rotatable bonds is 4. The molecule has 0 heterocycles. The van der Waals surface area contributed by atoms with Gasteiger partial charge in [-0.05, 0) is 26.8 Å². The van der Waals surface area contributed by atoms with Crippen molar-refractivity contribution in [2.45, 2.75) is 33.2 Å². The minimum absolute atomic E-state index is 0.700. The largest absolute Gasteiger partial charge is 0.374 e. The Morgan fingerprint density at radius 2 is 1.54 bits per heavy atom. The van der Waals surface area contributed by atoms with Crippen molar-refractivity contribution in [2.24, 2.45) is 0 Å². The molecule has 0 bridgehead atoms. The molecule has 0 fully saturated rings. The standard InChI is InChI=1S/C9H20N2O2/c1-6-9(10(4)5)11(7(2)12)8(3)13/h6-8,12-13H,1-5H3. The number of allylic oxidation sites excluding steroid dienone is 1. The summed E-state index contributed by atoms with van der Waals surface area (Å²) in [5, 5.41) is 18.9. The molecular weight excluding hydrogens is 168 g/mol. The van der Waals surface area contributed by atoms with Gasteiger partial charge in [-0.15, -0.1) is 0 Å². The summed E-state index contributed by atoms with van der Waals surface area (Å²) in [5.74, 6) is 0.796. The van der Waals surface area contributed by atoms with Crippen LogP contribution >= 0.6 is 0 Å². The highest BCUT2D eigenvalue weighted by Gasteiger charge is 2.19. The molecule has 0 saturated carbocycles. The molecule has 0 aromatic carbocycles. The Bertz CT molecular complexity index is 168. The zero-order valence-electron chi connectivity index (χ0n) is 9.02. The number of hydrogen-bond acceptors (Lipinski definition) is 4. The Morgan fingerprint density at radius 3 is 1.62 bits per heavy atom. The summed E-state index contributed by atoms with van der Waals surface area (Å²) in [6.07, 6.45) is 0.446. The van der Waals surface area contributed by atoms with Crippen molar-refractivity contribution in [3.8, 4) is 0 Å². The second-order valence-electron chi connectivity index (χ2n) is 3.21. The summed E-state index contributed by atoms with van der Waals surface area (Å²) < 4.78 is 0. The minimum atomic E-state index is -0.700. The Labute approximate surface area is 80.1 Å². The molecule has 0 amide bonds. The van der Waals surface area contributed by atoms with Gasteiger partial charge in [0.05, 0.1) is 0 Å². The minimum Gasteiger partial charge on any atom is -0.374 e. The van der Waals surface area contributed by atoms with E-state index in [-0.39, 0.29) is 0 Å². The summed E-state index contributed by atoms with van der Waals surface area (Å²) >= 11 is 0. The molecule has 0 aliphatic carbocycles. The monoisotopic (exact) mass is 188 g/mol. The van der Waals surface area contributed by atoms with Crippen LogP contribution in [0.5, 0.6) is 0 Å². The van der Waals surface area contributed by atoms with Gasteiger partial charge in [-0.2, -0.15) is 0 Å². The number of hydrogen-bond donors (Lipinski definition) is 2. The van der Waals surface area contributed by atoms with Crippen molar-refractivity contribution in [1.82, 2.24) is 9.80 Å². The Morgan fingerprint density at radius 1 is 1.15 bits per heavy atom. The molecule has 0 rings (SSSR count). The van der Waals surface area contributed by atoms with Crippen LogP contribution in [0.2, 0.25) is 0 Å². The van der Waals surface area contributed by atoms with Crippen LogP contribution < -0.4 is 0 Å². The molecule has 4 heteroatoms. The molecule has 0 aromatic rings. The van der Waals surface area contributed by atoms with Crippen LogP contribution in [0.3, 0.4) is 0 Å². The Balaban J connectivity index is 4.71. The molecule has 4 nitrogen and oxygen atoms in total. The van der Waals surface area contributed by atoms with Gasteiger partial charge < -0.3 is 20.0 Å². The van der Waals surface area contributed by atoms with Crippen LogP contribution in [0.1, 0.15) is 20.8 Å². The van der Waals surface area contributed by atoms with Crippen molar-refractivity contribution < 1.29 is 10.2 Å². The van der Waals surface area contributed by atoms with E-state index in [1.807, 2.05) is 32.0 Å². The van der Waals surface area contributed by atoms with Crippen molar-refractivity contribution in [3.05, 3.63) is 11.9 Å². The topological polar surface area (TPSA) is 46.9 Å². The van der Waals surface area contributed by atoms with Crippen molar-refractivity contribution in [1.29, 1.82) is 0 Å². The fourth-order valence-corrected chi connectivity index (χ4v) is 1.33. The average molecular weight is 188 g/mol. The van der Waals surface area contributed by atoms with Crippen LogP contribution in [0.4, 0.5) is 0 Å². The highest BCUT2D eigenvalue weighted by atomic mass is 16.3. The number of aliphatic hydroxyl groups excluding tert-OH is 2. The van der Waals surface area contributed by atoms with Gasteiger partial charge in [0.1, 0.15) is 18.3 Å². The van der Waals surface area contributed by atoms with E-state index in [2.05, 4.69) is 0 Å². The Hall–Kier alpha value is -0.740. The molecule has 0 spiro atoms. The molecule has 2 N–H and O–H groups in total. The highest BCUT2D eigenvalue weighted by Crippen LogP contribution is 2.13. The maximum atomic E-state index is 9.43. The Kier molecular flexibility index (Phi) is 4.80. The third-order valence-corrected chi connectivity index (χ3v) is 1.79. The number of aliphatic hydroxyl groups is 2. The lowest BCUT2D eigenvalue weighted by Crippen LogP contribution is -2.43. The van der Waals surface area contributed by atoms with Crippen LogP contribution in [-0.2, 0) is 0 Å². The van der Waals surface area contributed by atoms with Gasteiger partial charge in [0.25, 0.3) is 0 Å². The molecule has 2 atom stereocenters. The maximum absolute atomic E-state index is 9.43. The first-order valence-corrected chi connectivity index (χ1v) is 4.40. The third kappa shape index (κ3) is 3.24. The van der Waals surface area contributed by atoms with Gasteiger partial charge in [-0.1, -0.05) is 0 Å². The fraction of sp³-hybridized carbons (Fsp3) is 0.778. The lowest BCUT2D eigenvalue weighted by Gasteiger charge is -2.35. The van der Waals surface area contributed by atoms with Gasteiger partial charge in [0.2, 0.25) is 0 Å². The van der Waals surface area contributed by atoms with E-state index in [9.17, 15) is 10.2 Å². The molecule has 0 aromatic heterocycles. The first kappa shape index (κ1) is 12.3. The predicted octanol–water partition coefficient (Wildman–Crippen LogP) is 0.388. The molecule has 0 aliphatic rings. The molecule has 78 valence electrons. The smallest absolute Gasteiger partial charge is 0.127 e. The molecule has 2 unspecified atom stereocenters. The zero-order chi connectivity index (χ0) is 10.6. The molecule has 0 saturated heterocycles.